The van der Waals surface area contributed by atoms with Gasteiger partial charge in [0.15, 0.2) is 4.90 Å². The van der Waals surface area contributed by atoms with Crippen molar-refractivity contribution in [2.45, 2.75) is 18.2 Å². The Morgan fingerprint density at radius 3 is 2.41 bits per heavy atom. The Labute approximate surface area is 126 Å². The molecule has 0 amide bonds. The van der Waals surface area contributed by atoms with E-state index in [2.05, 4.69) is 0 Å². The zero-order chi connectivity index (χ0) is 16.9. The van der Waals surface area contributed by atoms with Crippen molar-refractivity contribution < 1.29 is 18.3 Å². The van der Waals surface area contributed by atoms with E-state index in [9.17, 15) is 27.9 Å². The lowest BCUT2D eigenvalue weighted by atomic mass is 9.90. The minimum Gasteiger partial charge on any atom is -0.481 e. The summed E-state index contributed by atoms with van der Waals surface area (Å²) in [6.07, 6.45) is 1.13. The van der Waals surface area contributed by atoms with Gasteiger partial charge in [0.25, 0.3) is 5.56 Å². The normalized spacial score (nSPS) is 22.9. The van der Waals surface area contributed by atoms with Crippen LogP contribution in [-0.2, 0) is 28.9 Å². The second-order valence-corrected chi connectivity index (χ2v) is 7.61. The fraction of sp³-hybridized carbons (Fsp3) is 0.583. The van der Waals surface area contributed by atoms with E-state index in [1.807, 2.05) is 0 Å². The van der Waals surface area contributed by atoms with Crippen LogP contribution in [0.2, 0.25) is 0 Å². The number of aromatic nitrogens is 2. The molecule has 0 aromatic carbocycles. The number of carbonyl (C=O) groups is 1. The summed E-state index contributed by atoms with van der Waals surface area (Å²) in [5.74, 6) is -1.08. The first kappa shape index (κ1) is 16.4. The Kier molecular flexibility index (Phi) is 3.78. The van der Waals surface area contributed by atoms with Gasteiger partial charge in [0.2, 0.25) is 10.0 Å². The van der Waals surface area contributed by atoms with Gasteiger partial charge < -0.3 is 9.67 Å². The molecule has 1 saturated heterocycles. The van der Waals surface area contributed by atoms with Crippen LogP contribution in [0.3, 0.4) is 0 Å². The van der Waals surface area contributed by atoms with Gasteiger partial charge in [0.1, 0.15) is 0 Å². The van der Waals surface area contributed by atoms with Crippen LogP contribution in [0.4, 0.5) is 0 Å². The number of nitrogens with zero attached hydrogens (tertiary/aromatic N) is 3. The molecule has 9 nitrogen and oxygen atoms in total. The van der Waals surface area contributed by atoms with Gasteiger partial charge in [-0.2, -0.15) is 4.31 Å². The van der Waals surface area contributed by atoms with Crippen LogP contribution in [0.1, 0.15) is 13.3 Å². The van der Waals surface area contributed by atoms with Gasteiger partial charge in [-0.25, -0.2) is 13.2 Å². The molecule has 122 valence electrons. The first-order valence-electron chi connectivity index (χ1n) is 6.51. The lowest BCUT2D eigenvalue weighted by molar-refractivity contribution is -0.146. The summed E-state index contributed by atoms with van der Waals surface area (Å²) >= 11 is 0. The highest BCUT2D eigenvalue weighted by Gasteiger charge is 2.45. The molecule has 1 unspecified atom stereocenters. The highest BCUT2D eigenvalue weighted by atomic mass is 32.2. The van der Waals surface area contributed by atoms with E-state index in [0.717, 1.165) is 15.1 Å². The van der Waals surface area contributed by atoms with Crippen LogP contribution in [0.25, 0.3) is 0 Å². The summed E-state index contributed by atoms with van der Waals surface area (Å²) in [7, 11) is -1.63. The largest absolute Gasteiger partial charge is 0.481 e. The highest BCUT2D eigenvalue weighted by molar-refractivity contribution is 7.89. The second-order valence-electron chi connectivity index (χ2n) is 5.71. The van der Waals surface area contributed by atoms with Gasteiger partial charge in [-0.1, -0.05) is 0 Å². The van der Waals surface area contributed by atoms with Gasteiger partial charge in [-0.05, 0) is 13.3 Å². The molecule has 1 aromatic rings. The predicted octanol–water partition coefficient (Wildman–Crippen LogP) is -1.43. The van der Waals surface area contributed by atoms with Gasteiger partial charge in [0, 0.05) is 33.4 Å². The molecule has 1 fully saturated rings. The van der Waals surface area contributed by atoms with Crippen LogP contribution < -0.4 is 11.2 Å². The number of rotatable bonds is 3. The standard InChI is InChI=1S/C12H17N3O6S/c1-12(10(17)18)4-5-15(7-12)22(20,21)8-6-13(2)11(19)14(3)9(8)16/h6H,4-5,7H2,1-3H3,(H,17,18). The Balaban J connectivity index is 2.53. The van der Waals surface area contributed by atoms with Gasteiger partial charge >= 0.3 is 11.7 Å². The zero-order valence-corrected chi connectivity index (χ0v) is 13.3. The molecule has 0 bridgehead atoms. The first-order valence-corrected chi connectivity index (χ1v) is 7.95. The lowest BCUT2D eigenvalue weighted by Crippen LogP contribution is -2.43. The minimum atomic E-state index is -4.16. The van der Waals surface area contributed by atoms with Crippen molar-refractivity contribution in [2.24, 2.45) is 19.5 Å². The second kappa shape index (κ2) is 5.06. The van der Waals surface area contributed by atoms with Crippen molar-refractivity contribution in [3.63, 3.8) is 0 Å². The molecular weight excluding hydrogens is 314 g/mol. The van der Waals surface area contributed by atoms with Crippen molar-refractivity contribution >= 4 is 16.0 Å². The smallest absolute Gasteiger partial charge is 0.330 e. The van der Waals surface area contributed by atoms with Crippen LogP contribution in [-0.4, -0.2) is 46.0 Å². The molecule has 22 heavy (non-hydrogen) atoms. The van der Waals surface area contributed by atoms with Crippen LogP contribution >= 0.6 is 0 Å². The summed E-state index contributed by atoms with van der Waals surface area (Å²) in [5.41, 5.74) is -2.74. The Morgan fingerprint density at radius 1 is 1.32 bits per heavy atom. The molecule has 2 rings (SSSR count). The molecule has 1 aliphatic heterocycles. The number of aryl methyl sites for hydroxylation is 1. The molecule has 1 aliphatic rings. The van der Waals surface area contributed by atoms with E-state index < -0.39 is 37.6 Å². The van der Waals surface area contributed by atoms with E-state index in [1.54, 1.807) is 0 Å². The summed E-state index contributed by atoms with van der Waals surface area (Å²) in [6.45, 7) is 1.26. The maximum atomic E-state index is 12.6. The molecule has 10 heteroatoms. The first-order chi connectivity index (χ1) is 10.0. The highest BCUT2D eigenvalue weighted by Crippen LogP contribution is 2.32. The SMILES string of the molecule is Cn1cc(S(=O)(=O)N2CCC(C)(C(=O)O)C2)c(=O)n(C)c1=O. The topological polar surface area (TPSA) is 119 Å². The predicted molar refractivity (Wildman–Crippen MR) is 76.0 cm³/mol. The van der Waals surface area contributed by atoms with E-state index >= 15 is 0 Å². The third kappa shape index (κ3) is 2.37. The van der Waals surface area contributed by atoms with Crippen molar-refractivity contribution in [1.82, 2.24) is 13.4 Å². The molecule has 1 N–H and O–H groups in total. The van der Waals surface area contributed by atoms with Gasteiger partial charge in [0.05, 0.1) is 5.41 Å². The van der Waals surface area contributed by atoms with Crippen LogP contribution in [0.15, 0.2) is 20.7 Å². The van der Waals surface area contributed by atoms with Crippen molar-refractivity contribution in [2.75, 3.05) is 13.1 Å². The number of hydrogen-bond acceptors (Lipinski definition) is 5. The fourth-order valence-electron chi connectivity index (χ4n) is 2.39. The molecule has 0 spiro atoms. The number of carboxylic acid groups (broad SMARTS) is 1. The van der Waals surface area contributed by atoms with E-state index in [1.165, 1.54) is 21.0 Å². The molecule has 2 heterocycles. The molecule has 1 aromatic heterocycles. The van der Waals surface area contributed by atoms with E-state index in [-0.39, 0.29) is 19.5 Å². The zero-order valence-electron chi connectivity index (χ0n) is 12.4. The average molecular weight is 331 g/mol. The van der Waals surface area contributed by atoms with Crippen molar-refractivity contribution in [3.05, 3.63) is 27.0 Å². The van der Waals surface area contributed by atoms with Crippen molar-refractivity contribution in [3.8, 4) is 0 Å². The minimum absolute atomic E-state index is 0.0110. The van der Waals surface area contributed by atoms with Crippen molar-refractivity contribution in [1.29, 1.82) is 0 Å². The van der Waals surface area contributed by atoms with Gasteiger partial charge in [-0.3, -0.25) is 14.2 Å². The molecule has 0 radical (unpaired) electrons. The van der Waals surface area contributed by atoms with E-state index in [0.29, 0.717) is 4.57 Å². The fourth-order valence-corrected chi connectivity index (χ4v) is 4.10. The Hall–Kier alpha value is -1.94. The molecular formula is C12H17N3O6S. The van der Waals surface area contributed by atoms with Crippen LogP contribution in [0, 0.1) is 5.41 Å². The maximum Gasteiger partial charge on any atom is 0.330 e. The number of sulfonamides is 1. The molecule has 0 saturated carbocycles. The quantitative estimate of drug-likeness (QED) is 0.725. The number of hydrogen-bond donors (Lipinski definition) is 1. The van der Waals surface area contributed by atoms with Gasteiger partial charge in [-0.15, -0.1) is 0 Å². The third-order valence-electron chi connectivity index (χ3n) is 3.99. The summed E-state index contributed by atoms with van der Waals surface area (Å²) in [4.78, 5) is 34.4. The molecule has 1 atom stereocenters. The summed E-state index contributed by atoms with van der Waals surface area (Å²) in [5, 5.41) is 9.17. The summed E-state index contributed by atoms with van der Waals surface area (Å²) in [6, 6.07) is 0. The monoisotopic (exact) mass is 331 g/mol. The summed E-state index contributed by atoms with van der Waals surface area (Å²) < 4.78 is 27.9. The molecule has 0 aliphatic carbocycles. The third-order valence-corrected chi connectivity index (χ3v) is 5.81. The Bertz CT molecular complexity index is 853. The number of aliphatic carboxylic acids is 1. The van der Waals surface area contributed by atoms with Crippen LogP contribution in [0.5, 0.6) is 0 Å². The maximum absolute atomic E-state index is 12.6. The van der Waals surface area contributed by atoms with E-state index in [4.69, 9.17) is 0 Å². The number of carboxylic acids is 1. The Morgan fingerprint density at radius 2 is 1.91 bits per heavy atom. The average Bonchev–Trinajstić information content (AvgIpc) is 2.85. The lowest BCUT2D eigenvalue weighted by Gasteiger charge is -2.20.